The van der Waals surface area contributed by atoms with Crippen LogP contribution in [0.15, 0.2) is 54.1 Å². The molecule has 0 heterocycles. The van der Waals surface area contributed by atoms with Crippen LogP contribution in [0.25, 0.3) is 6.08 Å². The number of ketones is 2. The van der Waals surface area contributed by atoms with Gasteiger partial charge in [-0.1, -0.05) is 36.4 Å². The van der Waals surface area contributed by atoms with E-state index in [0.717, 1.165) is 18.7 Å². The highest BCUT2D eigenvalue weighted by Gasteiger charge is 2.22. The summed E-state index contributed by atoms with van der Waals surface area (Å²) < 4.78 is 4.64. The lowest BCUT2D eigenvalue weighted by Gasteiger charge is -2.20. The number of hydrogen-bond acceptors (Lipinski definition) is 5. The Morgan fingerprint density at radius 2 is 1.59 bits per heavy atom. The number of ether oxygens (including phenoxy) is 1. The van der Waals surface area contributed by atoms with E-state index >= 15 is 0 Å². The van der Waals surface area contributed by atoms with E-state index in [0.29, 0.717) is 0 Å². The Balaban J connectivity index is 2.78. The zero-order chi connectivity index (χ0) is 20.2. The molecule has 0 unspecified atom stereocenters. The van der Waals surface area contributed by atoms with Crippen LogP contribution in [-0.4, -0.2) is 37.2 Å². The number of Topliss-reactive ketones (excluding diaryl/α,β-unsaturated/α-hetero) is 2. The van der Waals surface area contributed by atoms with E-state index in [4.69, 9.17) is 0 Å². The van der Waals surface area contributed by atoms with Gasteiger partial charge in [0, 0.05) is 18.8 Å². The number of nitrogens with zero attached hydrogens (tertiary/aromatic N) is 1. The number of rotatable bonds is 10. The van der Waals surface area contributed by atoms with E-state index in [2.05, 4.69) is 35.6 Å². The molecule has 144 valence electrons. The molecule has 0 bridgehead atoms. The summed E-state index contributed by atoms with van der Waals surface area (Å²) in [6.07, 6.45) is 8.29. The van der Waals surface area contributed by atoms with Gasteiger partial charge in [0.05, 0.1) is 12.2 Å². The van der Waals surface area contributed by atoms with Gasteiger partial charge in [0.15, 0.2) is 5.78 Å². The van der Waals surface area contributed by atoms with E-state index < -0.39 is 17.5 Å². The molecule has 0 saturated carbocycles. The molecule has 0 aliphatic rings. The minimum Gasteiger partial charge on any atom is -0.460 e. The highest BCUT2D eigenvalue weighted by atomic mass is 16.5. The fourth-order valence-corrected chi connectivity index (χ4v) is 2.43. The molecule has 0 saturated heterocycles. The van der Waals surface area contributed by atoms with Crippen molar-refractivity contribution in [1.29, 1.82) is 0 Å². The molecule has 0 N–H and O–H groups in total. The van der Waals surface area contributed by atoms with Gasteiger partial charge in [-0.3, -0.25) is 9.59 Å². The van der Waals surface area contributed by atoms with Crippen LogP contribution in [0.2, 0.25) is 0 Å². The van der Waals surface area contributed by atoms with Crippen molar-refractivity contribution in [2.45, 2.75) is 27.7 Å². The summed E-state index contributed by atoms with van der Waals surface area (Å²) in [6.45, 7) is 9.09. The van der Waals surface area contributed by atoms with Crippen LogP contribution in [0.1, 0.15) is 33.3 Å². The van der Waals surface area contributed by atoms with E-state index in [1.807, 2.05) is 18.2 Å². The molecule has 0 aliphatic heterocycles. The minimum absolute atomic E-state index is 0.0847. The zero-order valence-electron chi connectivity index (χ0n) is 16.4. The van der Waals surface area contributed by atoms with Crippen molar-refractivity contribution in [3.63, 3.8) is 0 Å². The maximum absolute atomic E-state index is 11.9. The lowest BCUT2D eigenvalue weighted by molar-refractivity contribution is -0.152. The number of esters is 1. The lowest BCUT2D eigenvalue weighted by Crippen LogP contribution is -2.22. The van der Waals surface area contributed by atoms with Gasteiger partial charge in [-0.15, -0.1) is 0 Å². The first-order valence-electron chi connectivity index (χ1n) is 9.06. The molecule has 0 amide bonds. The van der Waals surface area contributed by atoms with Crippen LogP contribution >= 0.6 is 0 Å². The number of allylic oxidation sites excluding steroid dienone is 4. The molecule has 27 heavy (non-hydrogen) atoms. The molecule has 0 aliphatic carbocycles. The maximum atomic E-state index is 11.9. The Morgan fingerprint density at radius 1 is 0.963 bits per heavy atom. The summed E-state index contributed by atoms with van der Waals surface area (Å²) in [7, 11) is 0. The van der Waals surface area contributed by atoms with Crippen LogP contribution in [0.4, 0.5) is 5.69 Å². The summed E-state index contributed by atoms with van der Waals surface area (Å²) in [6, 6.07) is 8.20. The number of anilines is 1. The Morgan fingerprint density at radius 3 is 2.11 bits per heavy atom. The second kappa shape index (κ2) is 11.6. The van der Waals surface area contributed by atoms with Crippen LogP contribution < -0.4 is 4.90 Å². The van der Waals surface area contributed by atoms with Crippen molar-refractivity contribution in [2.75, 3.05) is 24.6 Å². The third-order valence-corrected chi connectivity index (χ3v) is 3.88. The highest BCUT2D eigenvalue weighted by Crippen LogP contribution is 2.15. The molecule has 0 spiro atoms. The van der Waals surface area contributed by atoms with E-state index in [1.54, 1.807) is 25.2 Å². The second-order valence-electron chi connectivity index (χ2n) is 5.69. The molecule has 0 atom stereocenters. The third kappa shape index (κ3) is 7.05. The Labute approximate surface area is 161 Å². The minimum atomic E-state index is -1.02. The Bertz CT molecular complexity index is 738. The first-order valence-corrected chi connectivity index (χ1v) is 9.06. The molecular formula is C22H27NO4. The van der Waals surface area contributed by atoms with Gasteiger partial charge in [0.1, 0.15) is 0 Å². The van der Waals surface area contributed by atoms with Gasteiger partial charge in [0.2, 0.25) is 0 Å². The second-order valence-corrected chi connectivity index (χ2v) is 5.69. The first-order chi connectivity index (χ1) is 12.9. The van der Waals surface area contributed by atoms with Crippen molar-refractivity contribution in [3.05, 3.63) is 59.7 Å². The maximum Gasteiger partial charge on any atom is 0.379 e. The van der Waals surface area contributed by atoms with Crippen molar-refractivity contribution in [1.82, 2.24) is 0 Å². The standard InChI is InChI=1S/C22H27NO4/c1-5-23(6-2)19-15-13-18(14-16-19)11-9-8-10-12-20(17(4)24)21(25)22(26)27-7-3/h8-16H,5-7H2,1-4H3. The lowest BCUT2D eigenvalue weighted by atomic mass is 10.1. The summed E-state index contributed by atoms with van der Waals surface area (Å²) in [5.74, 6) is -2.42. The average molecular weight is 369 g/mol. The summed E-state index contributed by atoms with van der Waals surface area (Å²) >= 11 is 0. The number of benzene rings is 1. The summed E-state index contributed by atoms with van der Waals surface area (Å²) in [5.41, 5.74) is 2.02. The Kier molecular flexibility index (Phi) is 9.51. The van der Waals surface area contributed by atoms with Gasteiger partial charge in [-0.2, -0.15) is 0 Å². The smallest absolute Gasteiger partial charge is 0.379 e. The average Bonchev–Trinajstić information content (AvgIpc) is 2.66. The molecule has 5 heteroatoms. The van der Waals surface area contributed by atoms with Gasteiger partial charge in [-0.25, -0.2) is 4.79 Å². The van der Waals surface area contributed by atoms with Gasteiger partial charge in [-0.05, 0) is 51.5 Å². The van der Waals surface area contributed by atoms with Gasteiger partial charge in [0.25, 0.3) is 5.78 Å². The molecule has 0 fully saturated rings. The van der Waals surface area contributed by atoms with Gasteiger partial charge < -0.3 is 9.64 Å². The summed E-state index contributed by atoms with van der Waals surface area (Å²) in [5, 5.41) is 0. The number of carbonyl (C=O) groups is 3. The first kappa shape index (κ1) is 22.1. The van der Waals surface area contributed by atoms with Crippen LogP contribution in [0.5, 0.6) is 0 Å². The van der Waals surface area contributed by atoms with Gasteiger partial charge >= 0.3 is 5.97 Å². The van der Waals surface area contributed by atoms with E-state index in [-0.39, 0.29) is 12.2 Å². The largest absolute Gasteiger partial charge is 0.460 e. The molecule has 0 aromatic heterocycles. The van der Waals surface area contributed by atoms with Crippen molar-refractivity contribution >= 4 is 29.3 Å². The topological polar surface area (TPSA) is 63.7 Å². The monoisotopic (exact) mass is 369 g/mol. The van der Waals surface area contributed by atoms with Crippen molar-refractivity contribution < 1.29 is 19.1 Å². The van der Waals surface area contributed by atoms with Crippen LogP contribution in [0, 0.1) is 0 Å². The highest BCUT2D eigenvalue weighted by molar-refractivity contribution is 6.47. The molecule has 0 radical (unpaired) electrons. The molecule has 5 nitrogen and oxygen atoms in total. The predicted octanol–water partition coefficient (Wildman–Crippen LogP) is 3.75. The number of hydrogen-bond donors (Lipinski definition) is 0. The van der Waals surface area contributed by atoms with E-state index in [1.165, 1.54) is 18.7 Å². The predicted molar refractivity (Wildman–Crippen MR) is 109 cm³/mol. The summed E-state index contributed by atoms with van der Waals surface area (Å²) in [4.78, 5) is 37.2. The fraction of sp³-hybridized carbons (Fsp3) is 0.318. The molecule has 1 aromatic carbocycles. The number of carbonyl (C=O) groups excluding carboxylic acids is 3. The zero-order valence-corrected chi connectivity index (χ0v) is 16.4. The van der Waals surface area contributed by atoms with E-state index in [9.17, 15) is 14.4 Å². The third-order valence-electron chi connectivity index (χ3n) is 3.88. The molecular weight excluding hydrogens is 342 g/mol. The van der Waals surface area contributed by atoms with Crippen LogP contribution in [-0.2, 0) is 19.1 Å². The van der Waals surface area contributed by atoms with Crippen molar-refractivity contribution in [2.24, 2.45) is 0 Å². The quantitative estimate of drug-likeness (QED) is 0.157. The van der Waals surface area contributed by atoms with Crippen LogP contribution in [0.3, 0.4) is 0 Å². The fourth-order valence-electron chi connectivity index (χ4n) is 2.43. The molecule has 1 aromatic rings. The Hall–Kier alpha value is -2.95. The van der Waals surface area contributed by atoms with Crippen molar-refractivity contribution in [3.8, 4) is 0 Å². The normalized spacial score (nSPS) is 11.8. The molecule has 1 rings (SSSR count). The SMILES string of the molecule is CCOC(=O)C(=O)C(=CC=CC=Cc1ccc(N(CC)CC)cc1)C(C)=O.